The van der Waals surface area contributed by atoms with Crippen LogP contribution in [-0.4, -0.2) is 37.9 Å². The molecule has 0 radical (unpaired) electrons. The number of para-hydroxylation sites is 1. The summed E-state index contributed by atoms with van der Waals surface area (Å²) in [7, 11) is 0. The van der Waals surface area contributed by atoms with Gasteiger partial charge in [0.05, 0.1) is 11.4 Å². The normalized spacial score (nSPS) is 25.7. The van der Waals surface area contributed by atoms with Gasteiger partial charge in [-0.3, -0.25) is 4.79 Å². The Balaban J connectivity index is 1.35. The van der Waals surface area contributed by atoms with Crippen molar-refractivity contribution in [1.82, 2.24) is 25.5 Å². The smallest absolute Gasteiger partial charge is 0.230 e. The highest BCUT2D eigenvalue weighted by molar-refractivity contribution is 7.99. The highest BCUT2D eigenvalue weighted by Gasteiger charge is 2.40. The SMILES string of the molecule is O=C(CSc1nnnn1-c1ccccc1)N[C@@H]1C[C@H]2CC[C@H]1C2. The summed E-state index contributed by atoms with van der Waals surface area (Å²) < 4.78 is 1.66. The van der Waals surface area contributed by atoms with E-state index in [-0.39, 0.29) is 5.91 Å². The molecule has 0 saturated heterocycles. The van der Waals surface area contributed by atoms with Gasteiger partial charge in [-0.2, -0.15) is 4.68 Å². The molecule has 0 unspecified atom stereocenters. The van der Waals surface area contributed by atoms with Gasteiger partial charge in [0.25, 0.3) is 0 Å². The number of amides is 1. The maximum atomic E-state index is 12.2. The standard InChI is InChI=1S/C16H19N5OS/c22-15(17-14-9-11-6-7-12(14)8-11)10-23-16-18-19-20-21(16)13-4-2-1-3-5-13/h1-5,11-12,14H,6-10H2,(H,17,22)/t11-,12-,14+/m0/s1. The number of aromatic nitrogens is 4. The molecule has 1 aromatic heterocycles. The van der Waals surface area contributed by atoms with Crippen molar-refractivity contribution < 1.29 is 4.79 Å². The third-order valence-electron chi connectivity index (χ3n) is 4.86. The predicted octanol–water partition coefficient (Wildman–Crippen LogP) is 2.06. The van der Waals surface area contributed by atoms with Crippen LogP contribution in [0.1, 0.15) is 25.7 Å². The zero-order chi connectivity index (χ0) is 15.6. The molecule has 2 aromatic rings. The molecule has 23 heavy (non-hydrogen) atoms. The summed E-state index contributed by atoms with van der Waals surface area (Å²) in [4.78, 5) is 12.2. The second-order valence-electron chi connectivity index (χ2n) is 6.35. The van der Waals surface area contributed by atoms with Crippen molar-refractivity contribution in [1.29, 1.82) is 0 Å². The number of fused-ring (bicyclic) bond motifs is 2. The van der Waals surface area contributed by atoms with E-state index in [1.165, 1.54) is 31.0 Å². The monoisotopic (exact) mass is 329 g/mol. The van der Waals surface area contributed by atoms with Gasteiger partial charge in [-0.15, -0.1) is 5.10 Å². The number of tetrazole rings is 1. The van der Waals surface area contributed by atoms with E-state index < -0.39 is 0 Å². The van der Waals surface area contributed by atoms with E-state index in [1.54, 1.807) is 4.68 Å². The molecular weight excluding hydrogens is 310 g/mol. The van der Waals surface area contributed by atoms with Gasteiger partial charge < -0.3 is 5.32 Å². The van der Waals surface area contributed by atoms with E-state index in [4.69, 9.17) is 0 Å². The summed E-state index contributed by atoms with van der Waals surface area (Å²) in [5.41, 5.74) is 0.897. The lowest BCUT2D eigenvalue weighted by Crippen LogP contribution is -2.39. The summed E-state index contributed by atoms with van der Waals surface area (Å²) in [6.07, 6.45) is 5.07. The molecule has 120 valence electrons. The Hall–Kier alpha value is -1.89. The fourth-order valence-electron chi connectivity index (χ4n) is 3.80. The Kier molecular flexibility index (Phi) is 4.03. The van der Waals surface area contributed by atoms with Crippen molar-refractivity contribution in [2.24, 2.45) is 11.8 Å². The molecule has 1 heterocycles. The number of thioether (sulfide) groups is 1. The Morgan fingerprint density at radius 1 is 1.26 bits per heavy atom. The second kappa shape index (κ2) is 6.31. The molecule has 2 aliphatic rings. The van der Waals surface area contributed by atoms with Gasteiger partial charge in [-0.1, -0.05) is 36.4 Å². The van der Waals surface area contributed by atoms with Gasteiger partial charge in [0.15, 0.2) is 0 Å². The summed E-state index contributed by atoms with van der Waals surface area (Å²) in [5, 5.41) is 15.6. The van der Waals surface area contributed by atoms with Crippen LogP contribution >= 0.6 is 11.8 Å². The first kappa shape index (κ1) is 14.7. The van der Waals surface area contributed by atoms with Gasteiger partial charge in [-0.25, -0.2) is 0 Å². The van der Waals surface area contributed by atoms with E-state index in [2.05, 4.69) is 20.8 Å². The molecule has 3 atom stereocenters. The van der Waals surface area contributed by atoms with E-state index in [0.717, 1.165) is 18.0 Å². The highest BCUT2D eigenvalue weighted by Crippen LogP contribution is 2.44. The zero-order valence-corrected chi connectivity index (χ0v) is 13.6. The average molecular weight is 329 g/mol. The van der Waals surface area contributed by atoms with Gasteiger partial charge in [-0.05, 0) is 53.7 Å². The first-order valence-corrected chi connectivity index (χ1v) is 9.04. The molecule has 1 aromatic carbocycles. The van der Waals surface area contributed by atoms with Gasteiger partial charge in [0, 0.05) is 6.04 Å². The van der Waals surface area contributed by atoms with Crippen molar-refractivity contribution >= 4 is 17.7 Å². The van der Waals surface area contributed by atoms with Gasteiger partial charge in [0.2, 0.25) is 11.1 Å². The topological polar surface area (TPSA) is 72.7 Å². The van der Waals surface area contributed by atoms with E-state index >= 15 is 0 Å². The number of nitrogens with one attached hydrogen (secondary N) is 1. The van der Waals surface area contributed by atoms with Crippen LogP contribution in [0.15, 0.2) is 35.5 Å². The Morgan fingerprint density at radius 2 is 2.13 bits per heavy atom. The van der Waals surface area contributed by atoms with E-state index in [1.807, 2.05) is 30.3 Å². The largest absolute Gasteiger partial charge is 0.352 e. The molecule has 2 saturated carbocycles. The molecule has 1 N–H and O–H groups in total. The van der Waals surface area contributed by atoms with Gasteiger partial charge >= 0.3 is 0 Å². The van der Waals surface area contributed by atoms with Crippen LogP contribution in [0.5, 0.6) is 0 Å². The fourth-order valence-corrected chi connectivity index (χ4v) is 4.50. The van der Waals surface area contributed by atoms with Crippen LogP contribution in [-0.2, 0) is 4.79 Å². The summed E-state index contributed by atoms with van der Waals surface area (Å²) >= 11 is 1.37. The first-order chi connectivity index (χ1) is 11.3. The van der Waals surface area contributed by atoms with Crippen molar-refractivity contribution in [3.63, 3.8) is 0 Å². The molecule has 6 nitrogen and oxygen atoms in total. The fraction of sp³-hybridized carbons (Fsp3) is 0.500. The number of hydrogen-bond donors (Lipinski definition) is 1. The lowest BCUT2D eigenvalue weighted by Gasteiger charge is -2.22. The molecule has 1 amide bonds. The molecule has 2 bridgehead atoms. The van der Waals surface area contributed by atoms with Gasteiger partial charge in [0.1, 0.15) is 0 Å². The third-order valence-corrected chi connectivity index (χ3v) is 5.78. The molecule has 2 fully saturated rings. The number of carbonyl (C=O) groups excluding carboxylic acids is 1. The number of hydrogen-bond acceptors (Lipinski definition) is 5. The van der Waals surface area contributed by atoms with Crippen molar-refractivity contribution in [3.8, 4) is 5.69 Å². The average Bonchev–Trinajstić information content (AvgIpc) is 3.30. The Labute approximate surface area is 139 Å². The van der Waals surface area contributed by atoms with Crippen LogP contribution in [0.2, 0.25) is 0 Å². The van der Waals surface area contributed by atoms with Crippen LogP contribution in [0.3, 0.4) is 0 Å². The highest BCUT2D eigenvalue weighted by atomic mass is 32.2. The van der Waals surface area contributed by atoms with Crippen LogP contribution in [0.25, 0.3) is 5.69 Å². The van der Waals surface area contributed by atoms with Crippen LogP contribution in [0.4, 0.5) is 0 Å². The summed E-state index contributed by atoms with van der Waals surface area (Å²) in [6, 6.07) is 10.1. The second-order valence-corrected chi connectivity index (χ2v) is 7.29. The van der Waals surface area contributed by atoms with Crippen molar-refractivity contribution in [2.75, 3.05) is 5.75 Å². The Bertz CT molecular complexity index is 689. The number of carbonyl (C=O) groups is 1. The molecule has 7 heteroatoms. The van der Waals surface area contributed by atoms with E-state index in [0.29, 0.717) is 22.9 Å². The first-order valence-electron chi connectivity index (χ1n) is 8.05. The lowest BCUT2D eigenvalue weighted by molar-refractivity contribution is -0.119. The minimum atomic E-state index is 0.0789. The minimum Gasteiger partial charge on any atom is -0.352 e. The van der Waals surface area contributed by atoms with Crippen molar-refractivity contribution in [3.05, 3.63) is 30.3 Å². The molecule has 2 aliphatic carbocycles. The molecular formula is C16H19N5OS. The van der Waals surface area contributed by atoms with Crippen LogP contribution in [0, 0.1) is 11.8 Å². The maximum absolute atomic E-state index is 12.2. The molecule has 0 spiro atoms. The number of rotatable bonds is 5. The number of nitrogens with zero attached hydrogens (tertiary/aromatic N) is 4. The van der Waals surface area contributed by atoms with Crippen molar-refractivity contribution in [2.45, 2.75) is 36.9 Å². The van der Waals surface area contributed by atoms with Crippen LogP contribution < -0.4 is 5.32 Å². The minimum absolute atomic E-state index is 0.0789. The summed E-state index contributed by atoms with van der Waals surface area (Å²) in [5.74, 6) is 1.96. The molecule has 0 aliphatic heterocycles. The Morgan fingerprint density at radius 3 is 2.87 bits per heavy atom. The van der Waals surface area contributed by atoms with E-state index in [9.17, 15) is 4.79 Å². The third kappa shape index (κ3) is 3.10. The predicted molar refractivity (Wildman–Crippen MR) is 87.3 cm³/mol. The summed E-state index contributed by atoms with van der Waals surface area (Å²) in [6.45, 7) is 0. The lowest BCUT2D eigenvalue weighted by atomic mass is 9.95. The zero-order valence-electron chi connectivity index (χ0n) is 12.8. The number of benzene rings is 1. The maximum Gasteiger partial charge on any atom is 0.230 e. The molecule has 4 rings (SSSR count). The quantitative estimate of drug-likeness (QED) is 0.850.